The van der Waals surface area contributed by atoms with E-state index in [4.69, 9.17) is 5.73 Å². The first kappa shape index (κ1) is 13.5. The molecule has 94 valence electrons. The lowest BCUT2D eigenvalue weighted by Crippen LogP contribution is -2.48. The van der Waals surface area contributed by atoms with Gasteiger partial charge in [-0.2, -0.15) is 0 Å². The van der Waals surface area contributed by atoms with Crippen LogP contribution >= 0.6 is 0 Å². The number of rotatable bonds is 5. The van der Waals surface area contributed by atoms with Crippen molar-refractivity contribution < 1.29 is 4.79 Å². The van der Waals surface area contributed by atoms with Gasteiger partial charge in [-0.1, -0.05) is 6.92 Å². The Morgan fingerprint density at radius 1 is 1.31 bits per heavy atom. The summed E-state index contributed by atoms with van der Waals surface area (Å²) in [5, 5.41) is 0. The van der Waals surface area contributed by atoms with E-state index in [0.717, 1.165) is 45.6 Å². The highest BCUT2D eigenvalue weighted by Gasteiger charge is 2.19. The summed E-state index contributed by atoms with van der Waals surface area (Å²) >= 11 is 0. The van der Waals surface area contributed by atoms with Crippen molar-refractivity contribution >= 4 is 5.91 Å². The first-order valence-electron chi connectivity index (χ1n) is 6.39. The standard InChI is InChI=1S/C12H25N3O/c1-3-14-7-9-15(10-8-14)12(16)6-4-5-11(2)13/h11H,3-10,13H2,1-2H3. The predicted molar refractivity (Wildman–Crippen MR) is 66.2 cm³/mol. The number of hydrogen-bond acceptors (Lipinski definition) is 3. The van der Waals surface area contributed by atoms with E-state index in [1.807, 2.05) is 11.8 Å². The van der Waals surface area contributed by atoms with Crippen LogP contribution in [0.3, 0.4) is 0 Å². The van der Waals surface area contributed by atoms with Gasteiger partial charge >= 0.3 is 0 Å². The van der Waals surface area contributed by atoms with Gasteiger partial charge in [-0.05, 0) is 26.3 Å². The van der Waals surface area contributed by atoms with Gasteiger partial charge in [-0.15, -0.1) is 0 Å². The van der Waals surface area contributed by atoms with Crippen molar-refractivity contribution in [2.45, 2.75) is 39.2 Å². The molecular weight excluding hydrogens is 202 g/mol. The van der Waals surface area contributed by atoms with E-state index in [1.165, 1.54) is 0 Å². The fraction of sp³-hybridized carbons (Fsp3) is 0.917. The van der Waals surface area contributed by atoms with E-state index in [-0.39, 0.29) is 6.04 Å². The van der Waals surface area contributed by atoms with Crippen molar-refractivity contribution in [3.63, 3.8) is 0 Å². The fourth-order valence-electron chi connectivity index (χ4n) is 2.05. The third-order valence-corrected chi connectivity index (χ3v) is 3.22. The lowest BCUT2D eigenvalue weighted by molar-refractivity contribution is -0.133. The third kappa shape index (κ3) is 4.49. The number of carbonyl (C=O) groups is 1. The smallest absolute Gasteiger partial charge is 0.222 e. The van der Waals surface area contributed by atoms with E-state index >= 15 is 0 Å². The average Bonchev–Trinajstić information content (AvgIpc) is 2.28. The molecule has 1 amide bonds. The van der Waals surface area contributed by atoms with E-state index in [0.29, 0.717) is 12.3 Å². The summed E-state index contributed by atoms with van der Waals surface area (Å²) in [5.74, 6) is 0.302. The molecule has 2 N–H and O–H groups in total. The molecule has 1 rings (SSSR count). The Bertz CT molecular complexity index is 210. The molecule has 4 nitrogen and oxygen atoms in total. The van der Waals surface area contributed by atoms with Crippen LogP contribution in [-0.4, -0.2) is 54.5 Å². The largest absolute Gasteiger partial charge is 0.340 e. The summed E-state index contributed by atoms with van der Waals surface area (Å²) < 4.78 is 0. The highest BCUT2D eigenvalue weighted by molar-refractivity contribution is 5.76. The zero-order chi connectivity index (χ0) is 12.0. The third-order valence-electron chi connectivity index (χ3n) is 3.22. The number of hydrogen-bond donors (Lipinski definition) is 1. The molecule has 0 radical (unpaired) electrons. The van der Waals surface area contributed by atoms with Crippen LogP contribution in [-0.2, 0) is 4.79 Å². The number of amides is 1. The van der Waals surface area contributed by atoms with Crippen molar-refractivity contribution in [2.75, 3.05) is 32.7 Å². The number of nitrogens with two attached hydrogens (primary N) is 1. The van der Waals surface area contributed by atoms with Crippen molar-refractivity contribution in [1.82, 2.24) is 9.80 Å². The Labute approximate surface area is 98.8 Å². The molecule has 4 heteroatoms. The van der Waals surface area contributed by atoms with Crippen LogP contribution in [0.15, 0.2) is 0 Å². The summed E-state index contributed by atoms with van der Waals surface area (Å²) in [6.45, 7) is 9.08. The van der Waals surface area contributed by atoms with Crippen LogP contribution < -0.4 is 5.73 Å². The van der Waals surface area contributed by atoms with E-state index in [9.17, 15) is 4.79 Å². The molecule has 0 aromatic rings. The van der Waals surface area contributed by atoms with Crippen molar-refractivity contribution in [3.05, 3.63) is 0 Å². The Morgan fingerprint density at radius 2 is 1.94 bits per heavy atom. The van der Waals surface area contributed by atoms with Gasteiger partial charge < -0.3 is 15.5 Å². The minimum absolute atomic E-state index is 0.213. The SMILES string of the molecule is CCN1CCN(C(=O)CCCC(C)N)CC1. The molecule has 1 atom stereocenters. The molecule has 16 heavy (non-hydrogen) atoms. The van der Waals surface area contributed by atoms with Crippen molar-refractivity contribution in [1.29, 1.82) is 0 Å². The second-order valence-corrected chi connectivity index (χ2v) is 4.68. The molecule has 0 spiro atoms. The summed E-state index contributed by atoms with van der Waals surface area (Å²) in [6, 6.07) is 0.213. The minimum Gasteiger partial charge on any atom is -0.340 e. The number of piperazine rings is 1. The summed E-state index contributed by atoms with van der Waals surface area (Å²) in [4.78, 5) is 16.2. The van der Waals surface area contributed by atoms with Gasteiger partial charge in [0.05, 0.1) is 0 Å². The quantitative estimate of drug-likeness (QED) is 0.751. The van der Waals surface area contributed by atoms with Gasteiger partial charge in [0.2, 0.25) is 5.91 Å². The normalized spacial score (nSPS) is 19.8. The highest BCUT2D eigenvalue weighted by atomic mass is 16.2. The predicted octanol–water partition coefficient (Wildman–Crippen LogP) is 0.668. The summed E-state index contributed by atoms with van der Waals surface area (Å²) in [5.41, 5.74) is 5.66. The Morgan fingerprint density at radius 3 is 2.44 bits per heavy atom. The molecule has 1 aliphatic rings. The maximum absolute atomic E-state index is 11.8. The second kappa shape index (κ2) is 6.86. The monoisotopic (exact) mass is 227 g/mol. The van der Waals surface area contributed by atoms with E-state index < -0.39 is 0 Å². The van der Waals surface area contributed by atoms with Crippen LogP contribution in [0.4, 0.5) is 0 Å². The van der Waals surface area contributed by atoms with Crippen molar-refractivity contribution in [2.24, 2.45) is 5.73 Å². The molecule has 0 aromatic heterocycles. The van der Waals surface area contributed by atoms with Crippen LogP contribution in [0.5, 0.6) is 0 Å². The fourth-order valence-corrected chi connectivity index (χ4v) is 2.05. The first-order valence-corrected chi connectivity index (χ1v) is 6.39. The molecule has 0 bridgehead atoms. The maximum Gasteiger partial charge on any atom is 0.222 e. The average molecular weight is 227 g/mol. The van der Waals surface area contributed by atoms with Crippen LogP contribution in [0, 0.1) is 0 Å². The second-order valence-electron chi connectivity index (χ2n) is 4.68. The number of nitrogens with zero attached hydrogens (tertiary/aromatic N) is 2. The lowest BCUT2D eigenvalue weighted by atomic mass is 10.1. The minimum atomic E-state index is 0.213. The van der Waals surface area contributed by atoms with Gasteiger partial charge in [-0.3, -0.25) is 4.79 Å². The molecule has 0 saturated carbocycles. The molecule has 0 aromatic carbocycles. The molecular formula is C12H25N3O. The van der Waals surface area contributed by atoms with E-state index in [2.05, 4.69) is 11.8 Å². The van der Waals surface area contributed by atoms with Gasteiger partial charge in [0.1, 0.15) is 0 Å². The molecule has 1 saturated heterocycles. The van der Waals surface area contributed by atoms with Crippen LogP contribution in [0.1, 0.15) is 33.1 Å². The molecule has 1 aliphatic heterocycles. The Kier molecular flexibility index (Phi) is 5.77. The maximum atomic E-state index is 11.8. The van der Waals surface area contributed by atoms with Crippen molar-refractivity contribution in [3.8, 4) is 0 Å². The summed E-state index contributed by atoms with van der Waals surface area (Å²) in [6.07, 6.45) is 2.53. The molecule has 1 unspecified atom stereocenters. The Balaban J connectivity index is 2.18. The summed E-state index contributed by atoms with van der Waals surface area (Å²) in [7, 11) is 0. The molecule has 1 fully saturated rings. The molecule has 0 aliphatic carbocycles. The van der Waals surface area contributed by atoms with E-state index in [1.54, 1.807) is 0 Å². The molecule has 1 heterocycles. The number of carbonyl (C=O) groups excluding carboxylic acids is 1. The highest BCUT2D eigenvalue weighted by Crippen LogP contribution is 2.06. The Hall–Kier alpha value is -0.610. The van der Waals surface area contributed by atoms with Crippen LogP contribution in [0.25, 0.3) is 0 Å². The zero-order valence-electron chi connectivity index (χ0n) is 10.6. The first-order chi connectivity index (χ1) is 7.63. The zero-order valence-corrected chi connectivity index (χ0v) is 10.6. The number of likely N-dealkylation sites (N-methyl/N-ethyl adjacent to an activating group) is 1. The van der Waals surface area contributed by atoms with Gasteiger partial charge in [0.25, 0.3) is 0 Å². The van der Waals surface area contributed by atoms with Gasteiger partial charge in [0, 0.05) is 38.6 Å². The lowest BCUT2D eigenvalue weighted by Gasteiger charge is -2.34. The van der Waals surface area contributed by atoms with Crippen LogP contribution in [0.2, 0.25) is 0 Å². The van der Waals surface area contributed by atoms with Gasteiger partial charge in [0.15, 0.2) is 0 Å². The van der Waals surface area contributed by atoms with Gasteiger partial charge in [-0.25, -0.2) is 0 Å². The topological polar surface area (TPSA) is 49.6 Å².